The number of nitrogens with one attached hydrogen (secondary N) is 1. The van der Waals surface area contributed by atoms with E-state index in [1.165, 1.54) is 16.8 Å². The summed E-state index contributed by atoms with van der Waals surface area (Å²) in [5.41, 5.74) is 3.79. The number of methoxy groups -OCH3 is 1. The van der Waals surface area contributed by atoms with Crippen molar-refractivity contribution in [2.75, 3.05) is 13.7 Å². The molecule has 0 aliphatic heterocycles. The van der Waals surface area contributed by atoms with Gasteiger partial charge in [-0.05, 0) is 49.1 Å². The first-order valence-corrected chi connectivity index (χ1v) is 7.38. The zero-order valence-electron chi connectivity index (χ0n) is 12.8. The predicted octanol–water partition coefficient (Wildman–Crippen LogP) is 4.28. The van der Waals surface area contributed by atoms with Crippen molar-refractivity contribution in [2.24, 2.45) is 0 Å². The summed E-state index contributed by atoms with van der Waals surface area (Å²) in [7, 11) is 1.70. The van der Waals surface area contributed by atoms with Crippen LogP contribution in [0.1, 0.15) is 24.5 Å². The van der Waals surface area contributed by atoms with Crippen LogP contribution in [0, 0.1) is 0 Å². The Morgan fingerprint density at radius 1 is 1.05 bits per heavy atom. The summed E-state index contributed by atoms with van der Waals surface area (Å²) in [5, 5.41) is 3.46. The number of aryl methyl sites for hydroxylation is 1. The normalized spacial score (nSPS) is 11.2. The van der Waals surface area contributed by atoms with E-state index in [0.717, 1.165) is 25.1 Å². The Morgan fingerprint density at radius 3 is 2.43 bits per heavy atom. The van der Waals surface area contributed by atoms with Gasteiger partial charge in [0.15, 0.2) is 0 Å². The highest BCUT2D eigenvalue weighted by Crippen LogP contribution is 2.12. The van der Waals surface area contributed by atoms with Crippen LogP contribution in [0.5, 0.6) is 5.75 Å². The molecule has 0 amide bonds. The van der Waals surface area contributed by atoms with Crippen LogP contribution in [0.15, 0.2) is 60.3 Å². The molecule has 0 bridgehead atoms. The van der Waals surface area contributed by atoms with Crippen LogP contribution in [0.3, 0.4) is 0 Å². The third-order valence-electron chi connectivity index (χ3n) is 3.39. The molecule has 0 aliphatic carbocycles. The first-order valence-electron chi connectivity index (χ1n) is 7.38. The molecule has 2 aromatic carbocycles. The van der Waals surface area contributed by atoms with E-state index >= 15 is 0 Å². The zero-order valence-corrected chi connectivity index (χ0v) is 12.8. The molecule has 2 aromatic rings. The van der Waals surface area contributed by atoms with E-state index in [4.69, 9.17) is 4.74 Å². The van der Waals surface area contributed by atoms with E-state index in [2.05, 4.69) is 54.7 Å². The molecule has 110 valence electrons. The molecular weight excluding hydrogens is 258 g/mol. The van der Waals surface area contributed by atoms with E-state index in [-0.39, 0.29) is 0 Å². The van der Waals surface area contributed by atoms with Crippen LogP contribution >= 0.6 is 0 Å². The third kappa shape index (κ3) is 5.35. The van der Waals surface area contributed by atoms with Gasteiger partial charge in [0, 0.05) is 12.2 Å². The Labute approximate surface area is 127 Å². The Hall–Kier alpha value is -2.22. The van der Waals surface area contributed by atoms with Gasteiger partial charge in [-0.25, -0.2) is 0 Å². The topological polar surface area (TPSA) is 21.3 Å². The molecule has 0 spiro atoms. The summed E-state index contributed by atoms with van der Waals surface area (Å²) in [6.45, 7) is 3.10. The van der Waals surface area contributed by atoms with Gasteiger partial charge in [0.1, 0.15) is 5.75 Å². The number of benzene rings is 2. The van der Waals surface area contributed by atoms with Gasteiger partial charge in [-0.2, -0.15) is 0 Å². The number of hydrogen-bond acceptors (Lipinski definition) is 2. The molecular formula is C19H23NO. The molecule has 0 aromatic heterocycles. The monoisotopic (exact) mass is 281 g/mol. The highest BCUT2D eigenvalue weighted by atomic mass is 16.5. The average molecular weight is 281 g/mol. The molecule has 2 nitrogen and oxygen atoms in total. The van der Waals surface area contributed by atoms with Gasteiger partial charge in [-0.1, -0.05) is 42.5 Å². The molecule has 0 atom stereocenters. The van der Waals surface area contributed by atoms with Gasteiger partial charge < -0.3 is 10.1 Å². The second-order valence-electron chi connectivity index (χ2n) is 5.12. The van der Waals surface area contributed by atoms with Crippen LogP contribution in [-0.4, -0.2) is 13.7 Å². The summed E-state index contributed by atoms with van der Waals surface area (Å²) < 4.78 is 5.16. The number of allylic oxidation sites excluding steroid dienone is 1. The second-order valence-corrected chi connectivity index (χ2v) is 5.12. The van der Waals surface area contributed by atoms with E-state index in [0.29, 0.717) is 0 Å². The lowest BCUT2D eigenvalue weighted by Gasteiger charge is -2.07. The lowest BCUT2D eigenvalue weighted by Crippen LogP contribution is -2.13. The molecule has 0 radical (unpaired) electrons. The van der Waals surface area contributed by atoms with Gasteiger partial charge in [0.05, 0.1) is 7.11 Å². The molecule has 0 heterocycles. The fourth-order valence-corrected chi connectivity index (χ4v) is 2.22. The number of hydrogen-bond donors (Lipinski definition) is 1. The largest absolute Gasteiger partial charge is 0.497 e. The van der Waals surface area contributed by atoms with E-state index in [1.54, 1.807) is 7.11 Å². The zero-order chi connectivity index (χ0) is 14.9. The summed E-state index contributed by atoms with van der Waals surface area (Å²) in [6, 6.07) is 18.7. The maximum absolute atomic E-state index is 5.16. The molecule has 0 saturated heterocycles. The molecule has 2 heteroatoms. The minimum atomic E-state index is 0.915. The second kappa shape index (κ2) is 8.15. The highest BCUT2D eigenvalue weighted by molar-refractivity contribution is 5.51. The molecule has 0 saturated carbocycles. The minimum Gasteiger partial charge on any atom is -0.497 e. The SMILES string of the molecule is COc1ccc(CCCNC(C)=Cc2ccccc2)cc1. The summed E-state index contributed by atoms with van der Waals surface area (Å²) in [4.78, 5) is 0. The van der Waals surface area contributed by atoms with Gasteiger partial charge in [0.25, 0.3) is 0 Å². The Bertz CT molecular complexity index is 558. The van der Waals surface area contributed by atoms with Crippen molar-refractivity contribution >= 4 is 6.08 Å². The van der Waals surface area contributed by atoms with Gasteiger partial charge in [0.2, 0.25) is 0 Å². The van der Waals surface area contributed by atoms with Gasteiger partial charge >= 0.3 is 0 Å². The molecule has 0 unspecified atom stereocenters. The molecule has 2 rings (SSSR count). The molecule has 0 fully saturated rings. The number of rotatable bonds is 7. The maximum atomic E-state index is 5.16. The maximum Gasteiger partial charge on any atom is 0.118 e. The van der Waals surface area contributed by atoms with Crippen molar-refractivity contribution in [1.82, 2.24) is 5.32 Å². The van der Waals surface area contributed by atoms with E-state index < -0.39 is 0 Å². The van der Waals surface area contributed by atoms with Crippen molar-refractivity contribution in [1.29, 1.82) is 0 Å². The highest BCUT2D eigenvalue weighted by Gasteiger charge is 1.95. The minimum absolute atomic E-state index is 0.915. The van der Waals surface area contributed by atoms with Crippen LogP contribution < -0.4 is 10.1 Å². The van der Waals surface area contributed by atoms with Gasteiger partial charge in [-0.15, -0.1) is 0 Å². The lowest BCUT2D eigenvalue weighted by molar-refractivity contribution is 0.414. The third-order valence-corrected chi connectivity index (χ3v) is 3.39. The smallest absolute Gasteiger partial charge is 0.118 e. The lowest BCUT2D eigenvalue weighted by atomic mass is 10.1. The fourth-order valence-electron chi connectivity index (χ4n) is 2.22. The van der Waals surface area contributed by atoms with Crippen LogP contribution in [0.25, 0.3) is 6.08 Å². The quantitative estimate of drug-likeness (QED) is 0.765. The first kappa shape index (κ1) is 15.2. The van der Waals surface area contributed by atoms with Crippen LogP contribution in [0.4, 0.5) is 0 Å². The molecule has 1 N–H and O–H groups in total. The van der Waals surface area contributed by atoms with Crippen molar-refractivity contribution < 1.29 is 4.74 Å². The fraction of sp³-hybridized carbons (Fsp3) is 0.263. The van der Waals surface area contributed by atoms with Gasteiger partial charge in [-0.3, -0.25) is 0 Å². The predicted molar refractivity (Wildman–Crippen MR) is 89.4 cm³/mol. The molecule has 0 aliphatic rings. The summed E-state index contributed by atoms with van der Waals surface area (Å²) in [5.74, 6) is 0.915. The Morgan fingerprint density at radius 2 is 1.76 bits per heavy atom. The average Bonchev–Trinajstić information content (AvgIpc) is 2.53. The van der Waals surface area contributed by atoms with Crippen molar-refractivity contribution in [3.8, 4) is 5.75 Å². The number of ether oxygens (including phenoxy) is 1. The Balaban J connectivity index is 1.72. The standard InChI is InChI=1S/C19H23NO/c1-16(15-18-7-4-3-5-8-18)20-14-6-9-17-10-12-19(21-2)13-11-17/h3-5,7-8,10-13,15,20H,6,9,14H2,1-2H3. The van der Waals surface area contributed by atoms with E-state index in [1.807, 2.05) is 18.2 Å². The van der Waals surface area contributed by atoms with E-state index in [9.17, 15) is 0 Å². The van der Waals surface area contributed by atoms with Crippen LogP contribution in [-0.2, 0) is 6.42 Å². The summed E-state index contributed by atoms with van der Waals surface area (Å²) >= 11 is 0. The molecule has 21 heavy (non-hydrogen) atoms. The van der Waals surface area contributed by atoms with Crippen molar-refractivity contribution in [3.63, 3.8) is 0 Å². The first-order chi connectivity index (χ1) is 10.3. The Kier molecular flexibility index (Phi) is 5.89. The van der Waals surface area contributed by atoms with Crippen LogP contribution in [0.2, 0.25) is 0 Å². The van der Waals surface area contributed by atoms with Crippen molar-refractivity contribution in [2.45, 2.75) is 19.8 Å². The van der Waals surface area contributed by atoms with Crippen molar-refractivity contribution in [3.05, 3.63) is 71.4 Å². The summed E-state index contributed by atoms with van der Waals surface area (Å²) in [6.07, 6.45) is 4.37.